The first-order chi connectivity index (χ1) is 16.0. The Labute approximate surface area is 190 Å². The maximum Gasteiger partial charge on any atom is 0.416 e. The van der Waals surface area contributed by atoms with Gasteiger partial charge in [-0.15, -0.1) is 0 Å². The van der Waals surface area contributed by atoms with Crippen LogP contribution in [0.5, 0.6) is 0 Å². The van der Waals surface area contributed by atoms with Crippen molar-refractivity contribution in [3.63, 3.8) is 0 Å². The number of pyridine rings is 1. The summed E-state index contributed by atoms with van der Waals surface area (Å²) in [5.41, 5.74) is 4.09. The lowest BCUT2D eigenvalue weighted by atomic mass is 9.92. The van der Waals surface area contributed by atoms with E-state index in [1.807, 2.05) is 42.6 Å². The Morgan fingerprint density at radius 3 is 1.94 bits per heavy atom. The second-order valence-corrected chi connectivity index (χ2v) is 8.21. The molecule has 5 rings (SSSR count). The summed E-state index contributed by atoms with van der Waals surface area (Å²) in [7, 11) is 0. The number of hydrogen-bond donors (Lipinski definition) is 0. The van der Waals surface area contributed by atoms with Gasteiger partial charge in [-0.1, -0.05) is 54.6 Å². The Balaban J connectivity index is 1.47. The lowest BCUT2D eigenvalue weighted by Gasteiger charge is -2.26. The fraction of sp³-hybridized carbons (Fsp3) is 0.222. The van der Waals surface area contributed by atoms with E-state index in [9.17, 15) is 13.2 Å². The Morgan fingerprint density at radius 2 is 1.36 bits per heavy atom. The third kappa shape index (κ3) is 4.63. The van der Waals surface area contributed by atoms with Crippen LogP contribution in [0.2, 0.25) is 0 Å². The Morgan fingerprint density at radius 1 is 0.758 bits per heavy atom. The summed E-state index contributed by atoms with van der Waals surface area (Å²) < 4.78 is 44.3. The van der Waals surface area contributed by atoms with E-state index >= 15 is 0 Å². The number of hydrogen-bond acceptors (Lipinski definition) is 3. The molecule has 1 aliphatic heterocycles. The molecule has 0 amide bonds. The van der Waals surface area contributed by atoms with Crippen molar-refractivity contribution < 1.29 is 17.9 Å². The number of alkyl halides is 3. The molecule has 0 aliphatic carbocycles. The molecule has 0 N–H and O–H groups in total. The van der Waals surface area contributed by atoms with Crippen molar-refractivity contribution in [2.24, 2.45) is 0 Å². The number of nitrogens with zero attached hydrogens (tertiary/aromatic N) is 2. The van der Waals surface area contributed by atoms with E-state index in [0.717, 1.165) is 83.7 Å². The molecule has 2 heterocycles. The van der Waals surface area contributed by atoms with E-state index in [1.165, 1.54) is 12.1 Å². The molecule has 0 spiro atoms. The lowest BCUT2D eigenvalue weighted by Crippen LogP contribution is -2.35. The molecule has 168 valence electrons. The van der Waals surface area contributed by atoms with Gasteiger partial charge in [0, 0.05) is 31.4 Å². The maximum atomic E-state index is 13.0. The zero-order valence-corrected chi connectivity index (χ0v) is 18.0. The van der Waals surface area contributed by atoms with E-state index in [-0.39, 0.29) is 0 Å². The quantitative estimate of drug-likeness (QED) is 0.360. The molecule has 3 aromatic carbocycles. The summed E-state index contributed by atoms with van der Waals surface area (Å²) in [6.07, 6.45) is -2.44. The number of benzene rings is 3. The number of morpholine rings is 1. The minimum atomic E-state index is -4.34. The van der Waals surface area contributed by atoms with Gasteiger partial charge in [-0.2, -0.15) is 13.2 Å². The van der Waals surface area contributed by atoms with Gasteiger partial charge in [0.15, 0.2) is 0 Å². The lowest BCUT2D eigenvalue weighted by molar-refractivity contribution is -0.137. The molecule has 33 heavy (non-hydrogen) atoms. The molecule has 4 aromatic rings. The highest BCUT2D eigenvalue weighted by atomic mass is 19.4. The molecule has 1 aromatic heterocycles. The van der Waals surface area contributed by atoms with Gasteiger partial charge in [0.2, 0.25) is 0 Å². The molecular formula is C27H23F3N2O. The summed E-state index contributed by atoms with van der Waals surface area (Å²) in [4.78, 5) is 7.01. The van der Waals surface area contributed by atoms with Gasteiger partial charge in [-0.3, -0.25) is 9.88 Å². The minimum Gasteiger partial charge on any atom is -0.379 e. The summed E-state index contributed by atoms with van der Waals surface area (Å²) in [6.45, 7) is 4.15. The summed E-state index contributed by atoms with van der Waals surface area (Å²) >= 11 is 0. The van der Waals surface area contributed by atoms with Gasteiger partial charge < -0.3 is 4.74 Å². The van der Waals surface area contributed by atoms with Crippen LogP contribution in [0.3, 0.4) is 0 Å². The number of rotatable bonds is 4. The van der Waals surface area contributed by atoms with Crippen molar-refractivity contribution in [2.45, 2.75) is 12.7 Å². The van der Waals surface area contributed by atoms with Gasteiger partial charge in [-0.25, -0.2) is 0 Å². The van der Waals surface area contributed by atoms with E-state index in [1.54, 1.807) is 0 Å². The third-order valence-corrected chi connectivity index (χ3v) is 6.07. The number of fused-ring (bicyclic) bond motifs is 1. The van der Waals surface area contributed by atoms with Crippen LogP contribution in [-0.2, 0) is 17.5 Å². The highest BCUT2D eigenvalue weighted by Gasteiger charge is 2.30. The fourth-order valence-electron chi connectivity index (χ4n) is 4.31. The zero-order valence-electron chi connectivity index (χ0n) is 18.0. The van der Waals surface area contributed by atoms with Gasteiger partial charge >= 0.3 is 6.18 Å². The van der Waals surface area contributed by atoms with Crippen LogP contribution in [0.25, 0.3) is 33.0 Å². The van der Waals surface area contributed by atoms with Crippen molar-refractivity contribution >= 4 is 10.8 Å². The Hall–Kier alpha value is -3.22. The van der Waals surface area contributed by atoms with E-state index < -0.39 is 11.7 Å². The number of ether oxygens (including phenoxy) is 1. The van der Waals surface area contributed by atoms with Gasteiger partial charge in [0.05, 0.1) is 24.5 Å². The molecule has 6 heteroatoms. The first-order valence-electron chi connectivity index (χ1n) is 10.9. The van der Waals surface area contributed by atoms with Crippen LogP contribution in [-0.4, -0.2) is 36.2 Å². The average Bonchev–Trinajstić information content (AvgIpc) is 2.84. The first-order valence-corrected chi connectivity index (χ1v) is 10.9. The second kappa shape index (κ2) is 8.96. The van der Waals surface area contributed by atoms with Gasteiger partial charge in [0.25, 0.3) is 0 Å². The smallest absolute Gasteiger partial charge is 0.379 e. The summed E-state index contributed by atoms with van der Waals surface area (Å²) in [5, 5.41) is 2.03. The van der Waals surface area contributed by atoms with E-state index in [2.05, 4.69) is 22.0 Å². The maximum absolute atomic E-state index is 13.0. The SMILES string of the molecule is FC(F)(F)c1ccc(-c2ccc(-c3ccc(CN4CCOCC4)nc3)c3ccccc23)cc1. The normalized spacial score (nSPS) is 15.1. The van der Waals surface area contributed by atoms with Crippen molar-refractivity contribution in [2.75, 3.05) is 26.3 Å². The molecule has 1 aliphatic rings. The monoisotopic (exact) mass is 448 g/mol. The largest absolute Gasteiger partial charge is 0.416 e. The standard InChI is InChI=1S/C27H23F3N2O/c28-27(29,30)21-8-5-19(6-9-21)23-11-12-24(26-4-2-1-3-25(23)26)20-7-10-22(31-17-20)18-32-13-15-33-16-14-32/h1-12,17H,13-16,18H2. The predicted molar refractivity (Wildman–Crippen MR) is 124 cm³/mol. The van der Waals surface area contributed by atoms with Crippen LogP contribution in [0.1, 0.15) is 11.3 Å². The Bertz CT molecular complexity index is 1250. The van der Waals surface area contributed by atoms with Crippen LogP contribution in [0, 0.1) is 0 Å². The highest BCUT2D eigenvalue weighted by Crippen LogP contribution is 2.37. The molecule has 0 bridgehead atoms. The summed E-state index contributed by atoms with van der Waals surface area (Å²) in [6, 6.07) is 21.4. The molecule has 1 fully saturated rings. The van der Waals surface area contributed by atoms with Crippen molar-refractivity contribution in [1.29, 1.82) is 0 Å². The molecule has 3 nitrogen and oxygen atoms in total. The minimum absolute atomic E-state index is 0.643. The molecule has 0 unspecified atom stereocenters. The first kappa shape index (κ1) is 21.6. The fourth-order valence-corrected chi connectivity index (χ4v) is 4.31. The van der Waals surface area contributed by atoms with Gasteiger partial charge in [0.1, 0.15) is 0 Å². The van der Waals surface area contributed by atoms with Crippen molar-refractivity contribution in [3.05, 3.63) is 90.3 Å². The molecule has 0 atom stereocenters. The van der Waals surface area contributed by atoms with Crippen LogP contribution in [0.15, 0.2) is 79.0 Å². The zero-order chi connectivity index (χ0) is 22.8. The van der Waals surface area contributed by atoms with Crippen molar-refractivity contribution in [1.82, 2.24) is 9.88 Å². The highest BCUT2D eigenvalue weighted by molar-refractivity contribution is 6.04. The third-order valence-electron chi connectivity index (χ3n) is 6.07. The number of halogens is 3. The molecule has 0 saturated carbocycles. The molecule has 0 radical (unpaired) electrons. The topological polar surface area (TPSA) is 25.4 Å². The molecule has 1 saturated heterocycles. The Kier molecular flexibility index (Phi) is 5.87. The predicted octanol–water partition coefficient (Wildman–Crippen LogP) is 6.42. The van der Waals surface area contributed by atoms with Crippen LogP contribution in [0.4, 0.5) is 13.2 Å². The average molecular weight is 448 g/mol. The van der Waals surface area contributed by atoms with Crippen molar-refractivity contribution in [3.8, 4) is 22.3 Å². The summed E-state index contributed by atoms with van der Waals surface area (Å²) in [5.74, 6) is 0. The van der Waals surface area contributed by atoms with E-state index in [0.29, 0.717) is 0 Å². The van der Waals surface area contributed by atoms with Gasteiger partial charge in [-0.05, 0) is 45.7 Å². The van der Waals surface area contributed by atoms with Crippen LogP contribution < -0.4 is 0 Å². The molecular weight excluding hydrogens is 425 g/mol. The van der Waals surface area contributed by atoms with E-state index in [4.69, 9.17) is 4.74 Å². The second-order valence-electron chi connectivity index (χ2n) is 8.21. The number of aromatic nitrogens is 1. The van der Waals surface area contributed by atoms with Crippen LogP contribution >= 0.6 is 0 Å².